The Morgan fingerprint density at radius 1 is 1.43 bits per heavy atom. The first kappa shape index (κ1) is 7.13. The zero-order valence-electron chi connectivity index (χ0n) is 5.73. The number of rotatable bonds is 2. The van der Waals surface area contributed by atoms with E-state index in [2.05, 4.69) is 34.7 Å². The molecule has 0 fully saturated rings. The molecule has 39 valence electrons. The smallest absolute Gasteiger partial charge is 0.0992 e. The molecule has 0 saturated heterocycles. The normalized spacial score (nSPS) is 9.29. The second kappa shape index (κ2) is 3.17. The summed E-state index contributed by atoms with van der Waals surface area (Å²) in [6.45, 7) is 9.62. The van der Waals surface area contributed by atoms with Crippen molar-refractivity contribution in [3.05, 3.63) is 0 Å². The molecule has 0 aliphatic carbocycles. The molecule has 0 bridgehead atoms. The average molecular weight is 94.8 g/mol. The summed E-state index contributed by atoms with van der Waals surface area (Å²) in [6, 6.07) is 0. The maximum atomic E-state index is 2.24. The first-order valence-electron chi connectivity index (χ1n) is 2.98. The van der Waals surface area contributed by atoms with Gasteiger partial charge in [-0.2, -0.15) is 0 Å². The van der Waals surface area contributed by atoms with E-state index in [1.807, 2.05) is 0 Å². The Kier molecular flexibility index (Phi) is 3.23. The van der Waals surface area contributed by atoms with E-state index in [0.717, 1.165) is 12.4 Å². The zero-order valence-corrected chi connectivity index (χ0v) is 5.73. The molecule has 0 aliphatic heterocycles. The van der Waals surface area contributed by atoms with Gasteiger partial charge in [-0.3, -0.25) is 0 Å². The Balaban J connectivity index is 3.14. The van der Waals surface area contributed by atoms with Gasteiger partial charge < -0.3 is 0 Å². The second-order valence-electron chi connectivity index (χ2n) is 2.44. The summed E-state index contributed by atoms with van der Waals surface area (Å²) in [5, 5.41) is 0. The molecular weight excluding hydrogens is 81.7 g/mol. The van der Waals surface area contributed by atoms with Crippen LogP contribution in [-0.2, 0) is 0 Å². The Morgan fingerprint density at radius 3 is 1.86 bits per heavy atom. The minimum atomic E-state index is 0.778. The summed E-state index contributed by atoms with van der Waals surface area (Å²) >= 11 is 0. The van der Waals surface area contributed by atoms with Crippen LogP contribution >= 0.6 is 0 Å². The van der Waals surface area contributed by atoms with Gasteiger partial charge in [0.05, 0.1) is 13.8 Å². The molecule has 0 aromatic carbocycles. The maximum Gasteiger partial charge on any atom is 0.0997 e. The van der Waals surface area contributed by atoms with Crippen molar-refractivity contribution in [3.8, 4) is 0 Å². The quantitative estimate of drug-likeness (QED) is 0.458. The van der Waals surface area contributed by atoms with Crippen LogP contribution in [0.1, 0.15) is 13.8 Å². The van der Waals surface area contributed by atoms with Gasteiger partial charge >= 0.3 is 0 Å². The molecule has 2 heteroatoms. The number of hydrogen-bond acceptors (Lipinski definition) is 0. The van der Waals surface area contributed by atoms with E-state index in [1.165, 1.54) is 0 Å². The lowest BCUT2D eigenvalue weighted by atomic mass is 9.19. The summed E-state index contributed by atoms with van der Waals surface area (Å²) in [4.78, 5) is 0. The van der Waals surface area contributed by atoms with Crippen molar-refractivity contribution >= 4 is 13.8 Å². The van der Waals surface area contributed by atoms with Crippen LogP contribution in [0.3, 0.4) is 0 Å². The van der Waals surface area contributed by atoms with Crippen LogP contribution in [0.4, 0.5) is 0 Å². The van der Waals surface area contributed by atoms with Crippen LogP contribution in [0.25, 0.3) is 0 Å². The summed E-state index contributed by atoms with van der Waals surface area (Å²) in [5.41, 5.74) is 0. The van der Waals surface area contributed by atoms with Gasteiger partial charge in [0.15, 0.2) is 0 Å². The van der Waals surface area contributed by atoms with E-state index in [0.29, 0.717) is 0 Å². The Hall–Kier alpha value is 0.130. The highest BCUT2D eigenvalue weighted by molar-refractivity contribution is 7.11. The fourth-order valence-corrected chi connectivity index (χ4v) is 0.385. The molecule has 0 unspecified atom stereocenters. The first-order chi connectivity index (χ1) is 3.18. The van der Waals surface area contributed by atoms with E-state index < -0.39 is 0 Å². The SMILES string of the molecule is C[B]B(C)C(C)C. The standard InChI is InChI=1S/C5H13B2/c1-5(2)7(4)6-3/h5H,1-4H3. The fourth-order valence-electron chi connectivity index (χ4n) is 0.385. The van der Waals surface area contributed by atoms with Crippen LogP contribution in [0.5, 0.6) is 0 Å². The van der Waals surface area contributed by atoms with Crippen LogP contribution in [0, 0.1) is 0 Å². The van der Waals surface area contributed by atoms with E-state index in [-0.39, 0.29) is 0 Å². The molecule has 0 aromatic rings. The maximum absolute atomic E-state index is 2.24. The van der Waals surface area contributed by atoms with Crippen LogP contribution in [-0.4, -0.2) is 13.8 Å². The van der Waals surface area contributed by atoms with Crippen molar-refractivity contribution in [2.45, 2.75) is 33.3 Å². The third-order valence-electron chi connectivity index (χ3n) is 1.58. The van der Waals surface area contributed by atoms with E-state index in [9.17, 15) is 0 Å². The summed E-state index contributed by atoms with van der Waals surface area (Å²) in [5.74, 6) is 0.810. The van der Waals surface area contributed by atoms with Crippen molar-refractivity contribution in [1.82, 2.24) is 0 Å². The Labute approximate surface area is 48.0 Å². The monoisotopic (exact) mass is 95.1 g/mol. The molecule has 0 aliphatic rings. The van der Waals surface area contributed by atoms with Gasteiger partial charge in [-0.1, -0.05) is 33.3 Å². The number of hydrogen-bond donors (Lipinski definition) is 0. The highest BCUT2D eigenvalue weighted by Gasteiger charge is 2.06. The van der Waals surface area contributed by atoms with Crippen LogP contribution in [0.15, 0.2) is 0 Å². The minimum absolute atomic E-state index is 0.778. The van der Waals surface area contributed by atoms with Gasteiger partial charge in [-0.25, -0.2) is 0 Å². The van der Waals surface area contributed by atoms with Crippen molar-refractivity contribution in [2.75, 3.05) is 0 Å². The largest absolute Gasteiger partial charge is 0.0997 e. The lowest BCUT2D eigenvalue weighted by Crippen LogP contribution is -2.18. The average Bonchev–Trinajstić information content (AvgIpc) is 1.65. The van der Waals surface area contributed by atoms with Crippen molar-refractivity contribution in [1.29, 1.82) is 0 Å². The zero-order chi connectivity index (χ0) is 5.86. The summed E-state index contributed by atoms with van der Waals surface area (Å²) in [6.07, 6.45) is 0. The summed E-state index contributed by atoms with van der Waals surface area (Å²) < 4.78 is 0. The predicted octanol–water partition coefficient (Wildman–Crippen LogP) is 1.77. The highest BCUT2D eigenvalue weighted by atomic mass is 13.7. The predicted molar refractivity (Wildman–Crippen MR) is 38.3 cm³/mol. The molecule has 7 heavy (non-hydrogen) atoms. The highest BCUT2D eigenvalue weighted by Crippen LogP contribution is 2.03. The van der Waals surface area contributed by atoms with E-state index in [1.54, 1.807) is 0 Å². The van der Waals surface area contributed by atoms with Gasteiger partial charge in [0.1, 0.15) is 0 Å². The van der Waals surface area contributed by atoms with E-state index >= 15 is 0 Å². The molecule has 0 spiro atoms. The van der Waals surface area contributed by atoms with Gasteiger partial charge in [0.25, 0.3) is 0 Å². The molecule has 0 aromatic heterocycles. The van der Waals surface area contributed by atoms with Gasteiger partial charge in [-0.05, 0) is 0 Å². The molecular formula is C5H13B2. The van der Waals surface area contributed by atoms with Crippen LogP contribution in [0.2, 0.25) is 19.5 Å². The van der Waals surface area contributed by atoms with E-state index in [4.69, 9.17) is 0 Å². The molecule has 0 nitrogen and oxygen atoms in total. The van der Waals surface area contributed by atoms with Crippen LogP contribution < -0.4 is 0 Å². The summed E-state index contributed by atoms with van der Waals surface area (Å²) in [7, 11) is 2.24. The molecule has 0 N–H and O–H groups in total. The third kappa shape index (κ3) is 2.78. The Bertz CT molecular complexity index is 43.3. The molecule has 0 atom stereocenters. The fraction of sp³-hybridized carbons (Fsp3) is 1.00. The first-order valence-corrected chi connectivity index (χ1v) is 2.98. The molecule has 0 amide bonds. The topological polar surface area (TPSA) is 0 Å². The lowest BCUT2D eigenvalue weighted by molar-refractivity contribution is 1.05. The molecule has 0 saturated carbocycles. The third-order valence-corrected chi connectivity index (χ3v) is 1.58. The molecule has 0 rings (SSSR count). The molecule has 0 heterocycles. The van der Waals surface area contributed by atoms with Gasteiger partial charge in [0, 0.05) is 0 Å². The van der Waals surface area contributed by atoms with Crippen molar-refractivity contribution in [2.24, 2.45) is 0 Å². The van der Waals surface area contributed by atoms with Gasteiger partial charge in [-0.15, -0.1) is 0 Å². The van der Waals surface area contributed by atoms with Gasteiger partial charge in [0.2, 0.25) is 0 Å². The van der Waals surface area contributed by atoms with Crippen molar-refractivity contribution < 1.29 is 0 Å². The Morgan fingerprint density at radius 2 is 1.86 bits per heavy atom. The lowest BCUT2D eigenvalue weighted by Gasteiger charge is -2.05. The molecule has 1 radical (unpaired) electrons. The van der Waals surface area contributed by atoms with Crippen molar-refractivity contribution in [3.63, 3.8) is 0 Å². The second-order valence-corrected chi connectivity index (χ2v) is 2.44. The minimum Gasteiger partial charge on any atom is -0.0992 e.